The highest BCUT2D eigenvalue weighted by atomic mass is 79.9. The first-order valence-electron chi connectivity index (χ1n) is 7.17. The minimum atomic E-state index is -0.721. The molecule has 0 fully saturated rings. The number of furan rings is 1. The Labute approximate surface area is 150 Å². The van der Waals surface area contributed by atoms with Gasteiger partial charge in [-0.15, -0.1) is 0 Å². The molecular weight excluding hydrogens is 394 g/mol. The number of hydrogen-bond donors (Lipinski definition) is 1. The molecule has 2 aromatic carbocycles. The lowest BCUT2D eigenvalue weighted by Gasteiger charge is -2.00. The van der Waals surface area contributed by atoms with E-state index in [0.717, 1.165) is 16.6 Å². The summed E-state index contributed by atoms with van der Waals surface area (Å²) in [7, 11) is 0. The van der Waals surface area contributed by atoms with Crippen LogP contribution in [0.25, 0.3) is 11.3 Å². The third-order valence-corrected chi connectivity index (χ3v) is 3.76. The van der Waals surface area contributed by atoms with Gasteiger partial charge in [-0.05, 0) is 42.5 Å². The summed E-state index contributed by atoms with van der Waals surface area (Å²) in [5, 5.41) is 3.80. The first-order chi connectivity index (χ1) is 12.0. The molecule has 0 aliphatic rings. The maximum absolute atomic E-state index is 13.7. The zero-order valence-electron chi connectivity index (χ0n) is 12.7. The highest BCUT2D eigenvalue weighted by Crippen LogP contribution is 2.25. The molecule has 0 aliphatic carbocycles. The summed E-state index contributed by atoms with van der Waals surface area (Å²) in [4.78, 5) is 11.9. The van der Waals surface area contributed by atoms with E-state index in [1.54, 1.807) is 30.3 Å². The van der Waals surface area contributed by atoms with E-state index in [0.29, 0.717) is 11.3 Å². The van der Waals surface area contributed by atoms with Crippen molar-refractivity contribution < 1.29 is 18.0 Å². The Kier molecular flexibility index (Phi) is 5.04. The standard InChI is InChI=1S/C18H11BrF2N2O2/c19-12-3-1-2-11(8-12)18(24)23-22-10-14-5-7-17(25-14)15-6-4-13(20)9-16(15)21/h1-10H,(H,23,24)/b22-10-. The second-order valence-electron chi connectivity index (χ2n) is 5.04. The number of benzene rings is 2. The molecule has 1 heterocycles. The molecule has 0 atom stereocenters. The van der Waals surface area contributed by atoms with Gasteiger partial charge >= 0.3 is 0 Å². The molecule has 0 spiro atoms. The molecule has 1 aromatic heterocycles. The molecule has 0 unspecified atom stereocenters. The van der Waals surface area contributed by atoms with E-state index in [1.807, 2.05) is 0 Å². The Morgan fingerprint density at radius 1 is 1.12 bits per heavy atom. The number of halogens is 3. The highest BCUT2D eigenvalue weighted by Gasteiger charge is 2.10. The average Bonchev–Trinajstić information content (AvgIpc) is 3.03. The van der Waals surface area contributed by atoms with E-state index < -0.39 is 11.6 Å². The summed E-state index contributed by atoms with van der Waals surface area (Å²) >= 11 is 3.28. The van der Waals surface area contributed by atoms with E-state index >= 15 is 0 Å². The number of hydrogen-bond acceptors (Lipinski definition) is 3. The first-order valence-corrected chi connectivity index (χ1v) is 7.96. The summed E-state index contributed by atoms with van der Waals surface area (Å²) in [6.07, 6.45) is 1.29. The van der Waals surface area contributed by atoms with Crippen molar-refractivity contribution in [3.8, 4) is 11.3 Å². The van der Waals surface area contributed by atoms with Crippen LogP contribution < -0.4 is 5.43 Å². The molecule has 0 radical (unpaired) electrons. The molecule has 0 aliphatic heterocycles. The van der Waals surface area contributed by atoms with Gasteiger partial charge in [0, 0.05) is 16.1 Å². The molecule has 3 rings (SSSR count). The van der Waals surface area contributed by atoms with E-state index in [9.17, 15) is 13.6 Å². The van der Waals surface area contributed by atoms with Gasteiger partial charge in [-0.1, -0.05) is 22.0 Å². The van der Waals surface area contributed by atoms with Crippen molar-refractivity contribution in [1.29, 1.82) is 0 Å². The third kappa shape index (κ3) is 4.19. The first kappa shape index (κ1) is 17.0. The van der Waals surface area contributed by atoms with Crippen LogP contribution in [0.3, 0.4) is 0 Å². The number of amides is 1. The smallest absolute Gasteiger partial charge is 0.271 e. The van der Waals surface area contributed by atoms with Crippen molar-refractivity contribution in [3.63, 3.8) is 0 Å². The lowest BCUT2D eigenvalue weighted by Crippen LogP contribution is -2.17. The van der Waals surface area contributed by atoms with Crippen LogP contribution in [-0.4, -0.2) is 12.1 Å². The molecular formula is C18H11BrF2N2O2. The topological polar surface area (TPSA) is 54.6 Å². The molecule has 7 heteroatoms. The Morgan fingerprint density at radius 3 is 2.72 bits per heavy atom. The van der Waals surface area contributed by atoms with Crippen LogP contribution in [-0.2, 0) is 0 Å². The lowest BCUT2D eigenvalue weighted by molar-refractivity contribution is 0.0955. The number of nitrogens with zero attached hydrogens (tertiary/aromatic N) is 1. The van der Waals surface area contributed by atoms with Crippen molar-refractivity contribution in [1.82, 2.24) is 5.43 Å². The molecule has 25 heavy (non-hydrogen) atoms. The van der Waals surface area contributed by atoms with Gasteiger partial charge in [0.2, 0.25) is 0 Å². The van der Waals surface area contributed by atoms with Crippen molar-refractivity contribution in [2.75, 3.05) is 0 Å². The maximum Gasteiger partial charge on any atom is 0.271 e. The number of nitrogens with one attached hydrogen (secondary N) is 1. The van der Waals surface area contributed by atoms with E-state index in [4.69, 9.17) is 4.42 Å². The Hall–Kier alpha value is -2.80. The van der Waals surface area contributed by atoms with E-state index in [1.165, 1.54) is 18.3 Å². The van der Waals surface area contributed by atoms with Crippen LogP contribution >= 0.6 is 15.9 Å². The molecule has 0 bridgehead atoms. The second kappa shape index (κ2) is 7.40. The number of hydrazone groups is 1. The molecule has 3 aromatic rings. The summed E-state index contributed by atoms with van der Waals surface area (Å²) in [6, 6.07) is 13.2. The van der Waals surface area contributed by atoms with Gasteiger partial charge < -0.3 is 4.42 Å². The quantitative estimate of drug-likeness (QED) is 0.503. The van der Waals surface area contributed by atoms with Crippen molar-refractivity contribution in [2.24, 2.45) is 5.10 Å². The Balaban J connectivity index is 1.69. The fraction of sp³-hybridized carbons (Fsp3) is 0. The zero-order chi connectivity index (χ0) is 17.8. The monoisotopic (exact) mass is 404 g/mol. The van der Waals surface area contributed by atoms with Crippen LogP contribution in [0.5, 0.6) is 0 Å². The van der Waals surface area contributed by atoms with Crippen molar-refractivity contribution in [2.45, 2.75) is 0 Å². The minimum Gasteiger partial charge on any atom is -0.455 e. The third-order valence-electron chi connectivity index (χ3n) is 3.27. The van der Waals surface area contributed by atoms with Gasteiger partial charge in [0.05, 0.1) is 11.8 Å². The largest absolute Gasteiger partial charge is 0.455 e. The van der Waals surface area contributed by atoms with Gasteiger partial charge in [-0.3, -0.25) is 4.79 Å². The molecule has 126 valence electrons. The Morgan fingerprint density at radius 2 is 1.96 bits per heavy atom. The van der Waals surface area contributed by atoms with E-state index in [-0.39, 0.29) is 17.2 Å². The molecule has 4 nitrogen and oxygen atoms in total. The van der Waals surface area contributed by atoms with Gasteiger partial charge in [-0.25, -0.2) is 14.2 Å². The summed E-state index contributed by atoms with van der Waals surface area (Å²) in [5.74, 6) is -1.22. The lowest BCUT2D eigenvalue weighted by atomic mass is 10.1. The van der Waals surface area contributed by atoms with Gasteiger partial charge in [-0.2, -0.15) is 5.10 Å². The minimum absolute atomic E-state index is 0.138. The van der Waals surface area contributed by atoms with Crippen LogP contribution in [0.15, 0.2) is 68.6 Å². The fourth-order valence-electron chi connectivity index (χ4n) is 2.11. The van der Waals surface area contributed by atoms with Crippen LogP contribution in [0.4, 0.5) is 8.78 Å². The molecule has 1 amide bonds. The van der Waals surface area contributed by atoms with E-state index in [2.05, 4.69) is 26.5 Å². The number of carbonyl (C=O) groups is 1. The summed E-state index contributed by atoms with van der Waals surface area (Å²) in [6.45, 7) is 0. The number of carbonyl (C=O) groups excluding carboxylic acids is 1. The van der Waals surface area contributed by atoms with Crippen LogP contribution in [0.2, 0.25) is 0 Å². The molecule has 0 saturated carbocycles. The van der Waals surface area contributed by atoms with Crippen molar-refractivity contribution >= 4 is 28.1 Å². The van der Waals surface area contributed by atoms with Gasteiger partial charge in [0.1, 0.15) is 23.2 Å². The molecule has 0 saturated heterocycles. The normalized spacial score (nSPS) is 11.0. The molecule has 1 N–H and O–H groups in total. The second-order valence-corrected chi connectivity index (χ2v) is 5.95. The maximum atomic E-state index is 13.7. The predicted octanol–water partition coefficient (Wildman–Crippen LogP) is 4.75. The van der Waals surface area contributed by atoms with Crippen molar-refractivity contribution in [3.05, 3.63) is 82.0 Å². The number of rotatable bonds is 4. The predicted molar refractivity (Wildman–Crippen MR) is 93.3 cm³/mol. The summed E-state index contributed by atoms with van der Waals surface area (Å²) in [5.41, 5.74) is 2.95. The van der Waals surface area contributed by atoms with Crippen LogP contribution in [0, 0.1) is 11.6 Å². The SMILES string of the molecule is O=C(N/N=C\c1ccc(-c2ccc(F)cc2F)o1)c1cccc(Br)c1. The highest BCUT2D eigenvalue weighted by molar-refractivity contribution is 9.10. The summed E-state index contributed by atoms with van der Waals surface area (Å²) < 4.78 is 32.9. The zero-order valence-corrected chi connectivity index (χ0v) is 14.3. The van der Waals surface area contributed by atoms with Gasteiger partial charge in [0.15, 0.2) is 0 Å². The average molecular weight is 405 g/mol. The Bertz CT molecular complexity index is 954. The van der Waals surface area contributed by atoms with Crippen LogP contribution in [0.1, 0.15) is 16.1 Å². The van der Waals surface area contributed by atoms with Gasteiger partial charge in [0.25, 0.3) is 5.91 Å². The fourth-order valence-corrected chi connectivity index (χ4v) is 2.50.